The molecule has 0 spiro atoms. The highest BCUT2D eigenvalue weighted by Crippen LogP contribution is 2.36. The molecule has 10 heterocycles. The van der Waals surface area contributed by atoms with Gasteiger partial charge in [0.25, 0.3) is 0 Å². The van der Waals surface area contributed by atoms with Crippen LogP contribution in [0.15, 0.2) is 107 Å². The maximum atomic E-state index is 13.5. The number of alkyl halides is 1. The summed E-state index contributed by atoms with van der Waals surface area (Å²) in [5, 5.41) is 3.51. The van der Waals surface area contributed by atoms with Gasteiger partial charge in [0.15, 0.2) is 56.9 Å². The number of nitrogens with two attached hydrogens (primary N) is 4. The number of carbonyl (C=O) groups is 1. The van der Waals surface area contributed by atoms with Crippen molar-refractivity contribution in [1.82, 2.24) is 97.3 Å². The van der Waals surface area contributed by atoms with Gasteiger partial charge in [0.2, 0.25) is 0 Å². The first-order valence-corrected chi connectivity index (χ1v) is 45.7. The fraction of sp³-hybridized carbons (Fsp3) is 0.521. The predicted octanol–water partition coefficient (Wildman–Crippen LogP) is 10.0. The first kappa shape index (κ1) is 95.3. The van der Waals surface area contributed by atoms with Crippen molar-refractivity contribution in [2.75, 3.05) is 150 Å². The predicted molar refractivity (Wildman–Crippen MR) is 499 cm³/mol. The normalized spacial score (nSPS) is 14.8. The minimum atomic E-state index is -0.702. The number of nitrogens with zero attached hydrogens (tertiary/aromatic N) is 19. The van der Waals surface area contributed by atoms with Crippen LogP contribution in [0.25, 0.3) is 44.7 Å². The number of fused-ring (bicyclic) bond motifs is 4. The molecule has 17 rings (SSSR count). The van der Waals surface area contributed by atoms with Crippen LogP contribution in [0.3, 0.4) is 0 Å². The Morgan fingerprint density at radius 3 is 1.26 bits per heavy atom. The Kier molecular flexibility index (Phi) is 33.3. The minimum Gasteiger partial charge on any atom is -0.461 e. The van der Waals surface area contributed by atoms with Gasteiger partial charge in [-0.05, 0) is 166 Å². The second kappa shape index (κ2) is 45.8. The summed E-state index contributed by atoms with van der Waals surface area (Å²) in [5.74, 6) is 4.11. The number of carbonyl (C=O) groups excluding carboxylic acids is 1. The highest BCUT2D eigenvalue weighted by molar-refractivity contribution is 5.86. The summed E-state index contributed by atoms with van der Waals surface area (Å²) in [6, 6.07) is 34.4. The number of methoxy groups -OCH3 is 4. The lowest BCUT2D eigenvalue weighted by atomic mass is 10.1. The monoisotopic (exact) mass is 1800 g/mol. The van der Waals surface area contributed by atoms with E-state index in [1.54, 1.807) is 51.3 Å². The molecule has 0 unspecified atom stereocenters. The number of hydrogen-bond donors (Lipinski definition) is 5. The van der Waals surface area contributed by atoms with Crippen molar-refractivity contribution in [3.8, 4) is 30.1 Å². The van der Waals surface area contributed by atoms with Crippen molar-refractivity contribution < 1.29 is 51.8 Å². The molecule has 4 aromatic carbocycles. The zero-order valence-corrected chi connectivity index (χ0v) is 77.0. The molecule has 9 N–H and O–H groups in total. The summed E-state index contributed by atoms with van der Waals surface area (Å²) in [5.41, 5.74) is 37.7. The molecule has 0 amide bonds. The largest absolute Gasteiger partial charge is 0.461 e. The molecule has 36 nitrogen and oxygen atoms in total. The number of rotatable bonds is 43. The lowest BCUT2D eigenvalue weighted by molar-refractivity contribution is -0.135. The number of halogens is 1. The Hall–Kier alpha value is -11.8. The maximum Gasteiger partial charge on any atom is 0.330 e. The molecule has 5 fully saturated rings. The Balaban J connectivity index is 0.000000141. The summed E-state index contributed by atoms with van der Waals surface area (Å²) in [6.07, 6.45) is 10.1. The third kappa shape index (κ3) is 26.1. The summed E-state index contributed by atoms with van der Waals surface area (Å²) in [7, 11) is 6.39. The van der Waals surface area contributed by atoms with E-state index in [1.807, 2.05) is 58.9 Å². The molecule has 0 radical (unpaired) electrons. The standard InChI is InChI=1S/C26H35FN6O4.C26H36N6O3.C22H30N6O3.C20H26N6O2/c1-17(2)13-21(34)37-26-29-22-23(28)30-25(36-12-11-35-3)31-24(22)33(26)16-19-6-4-5-18(14-19)15-32-9-7-20(27)8-10-32;1-3-31-22-23(27)28-25(35-12-11-34-2)29-24(22)32(26(31)33)17-21-6-4-5-20(13-21)16-30(14-18-7-8-18)15-19-9-10-19;1-3-27-18-19(23)25-21(31-10-9-30-2)26-20(18)28(22(27)29)14-17-6-4-5-16(11-17)13-24-12-15-7-8-15;1-14-22-17-18(21)23-20(28-10-9-27-2)24-19(17)26(14)13-16-6-3-5-15(11-16)12-25-7-4-8-25/h4-6,14,17,20H,7-13,15-16H2,1-3H3,(H2,28,30,31);4-6,13,18-19H,3,7-12,14-17H2,1-2H3,(H2,27,28,29);4-6,11,15,24H,3,7-10,12-14H2,1-2H3,(H2,23,25,26);3,5-6,11H,4,7-10,12-13H2,1-2H3,(H2,21,23,24). The summed E-state index contributed by atoms with van der Waals surface area (Å²) >= 11 is 0. The second-order valence-electron chi connectivity index (χ2n) is 34.7. The molecule has 3 saturated carbocycles. The number of nitrogen functional groups attached to an aromatic ring is 4. The Morgan fingerprint density at radius 2 is 0.832 bits per heavy atom. The number of esters is 1. The van der Waals surface area contributed by atoms with Gasteiger partial charge in [0.1, 0.15) is 49.5 Å². The number of benzene rings is 4. The van der Waals surface area contributed by atoms with E-state index in [0.29, 0.717) is 149 Å². The number of anilines is 4. The molecule has 2 saturated heterocycles. The molecule has 3 aliphatic carbocycles. The highest BCUT2D eigenvalue weighted by atomic mass is 19.1. The molecule has 2 aliphatic heterocycles. The van der Waals surface area contributed by atoms with Gasteiger partial charge in [-0.25, -0.2) is 19.0 Å². The van der Waals surface area contributed by atoms with Crippen molar-refractivity contribution >= 4 is 73.9 Å². The van der Waals surface area contributed by atoms with Gasteiger partial charge in [-0.1, -0.05) is 111 Å². The number of imidazole rings is 4. The second-order valence-corrected chi connectivity index (χ2v) is 34.7. The van der Waals surface area contributed by atoms with Crippen LogP contribution in [-0.2, 0) is 89.2 Å². The van der Waals surface area contributed by atoms with Gasteiger partial charge in [-0.2, -0.15) is 44.9 Å². The Bertz CT molecular complexity index is 5920. The van der Waals surface area contributed by atoms with Crippen molar-refractivity contribution in [2.45, 2.75) is 170 Å². The average Bonchev–Trinajstić information content (AvgIpc) is 1.58. The number of ether oxygens (including phenoxy) is 9. The lowest BCUT2D eigenvalue weighted by Crippen LogP contribution is -2.36. The molecular formula is C94H127FN24O12. The summed E-state index contributed by atoms with van der Waals surface area (Å²) < 4.78 is 71.9. The van der Waals surface area contributed by atoms with Crippen molar-refractivity contribution in [3.63, 3.8) is 0 Å². The number of nitrogens with one attached hydrogen (secondary N) is 1. The van der Waals surface area contributed by atoms with Crippen molar-refractivity contribution in [2.24, 2.45) is 23.7 Å². The van der Waals surface area contributed by atoms with Gasteiger partial charge in [0, 0.05) is 100 Å². The van der Waals surface area contributed by atoms with Crippen LogP contribution in [0.5, 0.6) is 30.1 Å². The fourth-order valence-electron chi connectivity index (χ4n) is 16.1. The van der Waals surface area contributed by atoms with Crippen LogP contribution in [0.2, 0.25) is 0 Å². The molecule has 12 aromatic rings. The molecule has 5 aliphatic rings. The average molecular weight is 1800 g/mol. The van der Waals surface area contributed by atoms with E-state index in [0.717, 1.165) is 91.6 Å². The number of aromatic nitrogens is 16. The number of hydrogen-bond acceptors (Lipinski definition) is 30. The van der Waals surface area contributed by atoms with Gasteiger partial charge < -0.3 is 75.5 Å². The Morgan fingerprint density at radius 1 is 0.450 bits per heavy atom. The zero-order valence-electron chi connectivity index (χ0n) is 77.0. The molecule has 37 heteroatoms. The smallest absolute Gasteiger partial charge is 0.330 e. The highest BCUT2D eigenvalue weighted by Gasteiger charge is 2.31. The van der Waals surface area contributed by atoms with Crippen LogP contribution in [0, 0.1) is 30.6 Å². The summed E-state index contributed by atoms with van der Waals surface area (Å²) in [4.78, 5) is 90.3. The minimum absolute atomic E-state index is 0.0910. The Labute approximate surface area is 761 Å². The van der Waals surface area contributed by atoms with Crippen LogP contribution >= 0.6 is 0 Å². The molecule has 0 atom stereocenters. The first-order valence-electron chi connectivity index (χ1n) is 45.7. The van der Waals surface area contributed by atoms with Crippen molar-refractivity contribution in [3.05, 3.63) is 168 Å². The molecule has 0 bridgehead atoms. The van der Waals surface area contributed by atoms with Crippen LogP contribution in [0.4, 0.5) is 27.7 Å². The van der Waals surface area contributed by atoms with Crippen molar-refractivity contribution in [1.29, 1.82) is 0 Å². The van der Waals surface area contributed by atoms with E-state index in [9.17, 15) is 18.8 Å². The third-order valence-electron chi connectivity index (χ3n) is 23.5. The molecular weight excluding hydrogens is 1680 g/mol. The quantitative estimate of drug-likeness (QED) is 0.0175. The van der Waals surface area contributed by atoms with E-state index in [1.165, 1.54) is 93.4 Å². The third-order valence-corrected chi connectivity index (χ3v) is 23.5. The van der Waals surface area contributed by atoms with Gasteiger partial charge >= 0.3 is 47.4 Å². The van der Waals surface area contributed by atoms with E-state index in [2.05, 4.69) is 147 Å². The topological polar surface area (TPSA) is 419 Å². The summed E-state index contributed by atoms with van der Waals surface area (Å²) in [6.45, 7) is 26.2. The van der Waals surface area contributed by atoms with E-state index < -0.39 is 6.17 Å². The molecule has 131 heavy (non-hydrogen) atoms. The van der Waals surface area contributed by atoms with Crippen LogP contribution in [-0.4, -0.2) is 231 Å². The van der Waals surface area contributed by atoms with E-state index in [4.69, 9.17) is 65.6 Å². The van der Waals surface area contributed by atoms with Gasteiger partial charge in [-0.15, -0.1) is 0 Å². The maximum absolute atomic E-state index is 13.5. The number of likely N-dealkylation sites (tertiary alicyclic amines) is 2. The van der Waals surface area contributed by atoms with Gasteiger partial charge in [-0.3, -0.25) is 42.3 Å². The molecule has 702 valence electrons. The number of piperidine rings is 1. The first-order chi connectivity index (χ1) is 63.6. The molecule has 8 aromatic heterocycles. The van der Waals surface area contributed by atoms with Crippen LogP contribution in [0.1, 0.15) is 142 Å². The van der Waals surface area contributed by atoms with Crippen LogP contribution < -0.4 is 63.3 Å². The SMILES string of the molecule is CCn1c(=O)n(Cc2cccc(CN(CC3CC3)CC3CC3)c2)c2nc(OCCOC)nc(N)c21.CCn1c(=O)n(Cc2cccc(CNCC3CC3)c2)c2nc(OCCOC)nc(N)c21.COCCOc1nc(N)c2nc(C)n(Cc3cccc(CN4CCC4)c3)c2n1.COCCOc1nc(N)c2nc(OC(=O)CC(C)C)n(Cc3cccc(CN4CCC(F)CC4)c3)c2n1. The lowest BCUT2D eigenvalue weighted by Gasteiger charge is -2.30. The van der Waals surface area contributed by atoms with E-state index >= 15 is 0 Å². The van der Waals surface area contributed by atoms with Gasteiger partial charge in [0.05, 0.1) is 52.6 Å². The van der Waals surface area contributed by atoms with E-state index in [-0.39, 0.29) is 83.8 Å². The number of aryl methyl sites for hydroxylation is 3. The fourth-order valence-corrected chi connectivity index (χ4v) is 16.1. The zero-order chi connectivity index (χ0) is 92.0.